The Morgan fingerprint density at radius 1 is 0.966 bits per heavy atom. The van der Waals surface area contributed by atoms with E-state index >= 15 is 0 Å². The topological polar surface area (TPSA) is 75.7 Å². The summed E-state index contributed by atoms with van der Waals surface area (Å²) in [6, 6.07) is 10.5. The van der Waals surface area contributed by atoms with E-state index in [9.17, 15) is 14.4 Å². The number of carbonyl (C=O) groups is 3. The third kappa shape index (κ3) is 5.44. The second-order valence-corrected chi connectivity index (χ2v) is 8.15. The third-order valence-electron chi connectivity index (χ3n) is 4.34. The number of amides is 2. The van der Waals surface area contributed by atoms with Crippen molar-refractivity contribution >= 4 is 17.8 Å². The van der Waals surface area contributed by atoms with E-state index in [2.05, 4.69) is 5.43 Å². The van der Waals surface area contributed by atoms with Crippen LogP contribution < -0.4 is 10.2 Å². The normalized spacial score (nSPS) is 11.0. The van der Waals surface area contributed by atoms with Gasteiger partial charge in [-0.25, -0.2) is 5.01 Å². The van der Waals surface area contributed by atoms with Crippen molar-refractivity contribution in [2.45, 2.75) is 54.0 Å². The first-order valence-corrected chi connectivity index (χ1v) is 9.42. The van der Waals surface area contributed by atoms with Crippen LogP contribution in [0.5, 0.6) is 5.75 Å². The maximum Gasteiger partial charge on any atom is 0.308 e. The van der Waals surface area contributed by atoms with Crippen molar-refractivity contribution in [1.82, 2.24) is 10.4 Å². The van der Waals surface area contributed by atoms with E-state index in [0.29, 0.717) is 22.4 Å². The van der Waals surface area contributed by atoms with Gasteiger partial charge in [-0.15, -0.1) is 0 Å². The summed E-state index contributed by atoms with van der Waals surface area (Å²) in [4.78, 5) is 37.5. The van der Waals surface area contributed by atoms with E-state index in [-0.39, 0.29) is 5.91 Å². The van der Waals surface area contributed by atoms with E-state index < -0.39 is 17.4 Å². The molecule has 2 aromatic carbocycles. The lowest BCUT2D eigenvalue weighted by Gasteiger charge is -2.35. The summed E-state index contributed by atoms with van der Waals surface area (Å²) >= 11 is 0. The number of rotatable bonds is 3. The first-order valence-electron chi connectivity index (χ1n) is 9.42. The summed E-state index contributed by atoms with van der Waals surface area (Å²) in [5.41, 5.74) is 5.37. The van der Waals surface area contributed by atoms with Crippen LogP contribution in [0.25, 0.3) is 0 Å². The van der Waals surface area contributed by atoms with Crippen molar-refractivity contribution in [3.8, 4) is 5.75 Å². The van der Waals surface area contributed by atoms with Crippen LogP contribution in [0.1, 0.15) is 65.1 Å². The van der Waals surface area contributed by atoms with Gasteiger partial charge in [0.15, 0.2) is 0 Å². The molecule has 0 fully saturated rings. The zero-order valence-corrected chi connectivity index (χ0v) is 18.0. The highest BCUT2D eigenvalue weighted by molar-refractivity contribution is 6.00. The number of aryl methyl sites for hydroxylation is 2. The smallest absolute Gasteiger partial charge is 0.308 e. The molecule has 0 atom stereocenters. The number of hydrogen-bond acceptors (Lipinski definition) is 4. The SMILES string of the molecule is CC(=O)Oc1cccc(C(=O)NN(C(=O)c2cc(C)cc(C)c2)C(C)(C)C)c1C. The predicted molar refractivity (Wildman–Crippen MR) is 112 cm³/mol. The number of benzene rings is 2. The molecule has 0 radical (unpaired) electrons. The standard InChI is InChI=1S/C23H28N2O4/c1-14-11-15(2)13-18(12-14)22(28)25(23(5,6)7)24-21(27)19-9-8-10-20(16(19)3)29-17(4)26/h8-13H,1-7H3,(H,24,27). The quantitative estimate of drug-likeness (QED) is 0.481. The summed E-state index contributed by atoms with van der Waals surface area (Å²) in [6.07, 6.45) is 0. The molecule has 29 heavy (non-hydrogen) atoms. The van der Waals surface area contributed by atoms with Crippen LogP contribution in [-0.4, -0.2) is 28.3 Å². The van der Waals surface area contributed by atoms with Crippen molar-refractivity contribution in [2.24, 2.45) is 0 Å². The molecule has 0 aliphatic heterocycles. The molecule has 0 heterocycles. The highest BCUT2D eigenvalue weighted by Crippen LogP contribution is 2.23. The average Bonchev–Trinajstić information content (AvgIpc) is 2.58. The third-order valence-corrected chi connectivity index (χ3v) is 4.34. The van der Waals surface area contributed by atoms with Crippen molar-refractivity contribution in [3.05, 3.63) is 64.2 Å². The Balaban J connectivity index is 2.37. The van der Waals surface area contributed by atoms with Gasteiger partial charge in [-0.3, -0.25) is 19.8 Å². The van der Waals surface area contributed by atoms with E-state index in [4.69, 9.17) is 4.74 Å². The molecule has 0 aromatic heterocycles. The predicted octanol–water partition coefficient (Wildman–Crippen LogP) is 4.12. The van der Waals surface area contributed by atoms with Crippen LogP contribution in [-0.2, 0) is 4.79 Å². The summed E-state index contributed by atoms with van der Waals surface area (Å²) in [5, 5.41) is 1.33. The highest BCUT2D eigenvalue weighted by atomic mass is 16.5. The summed E-state index contributed by atoms with van der Waals surface area (Å²) in [7, 11) is 0. The zero-order valence-electron chi connectivity index (χ0n) is 18.0. The Kier molecular flexibility index (Phi) is 6.47. The van der Waals surface area contributed by atoms with E-state index in [0.717, 1.165) is 11.1 Å². The molecule has 2 rings (SSSR count). The van der Waals surface area contributed by atoms with Gasteiger partial charge in [0.2, 0.25) is 0 Å². The molecule has 2 amide bonds. The molecule has 0 unspecified atom stereocenters. The fourth-order valence-electron chi connectivity index (χ4n) is 3.04. The molecule has 2 aromatic rings. The minimum atomic E-state index is -0.661. The number of hydrogen-bond donors (Lipinski definition) is 1. The fourth-order valence-corrected chi connectivity index (χ4v) is 3.04. The number of nitrogens with one attached hydrogen (secondary N) is 1. The van der Waals surface area contributed by atoms with Gasteiger partial charge < -0.3 is 4.74 Å². The molecule has 0 aliphatic rings. The minimum Gasteiger partial charge on any atom is -0.426 e. The number of nitrogens with zero attached hydrogens (tertiary/aromatic N) is 1. The Hall–Kier alpha value is -3.15. The Labute approximate surface area is 171 Å². The lowest BCUT2D eigenvalue weighted by Crippen LogP contribution is -2.56. The first-order chi connectivity index (χ1) is 13.4. The Bertz CT molecular complexity index is 938. The van der Waals surface area contributed by atoms with Crippen molar-refractivity contribution in [1.29, 1.82) is 0 Å². The second kappa shape index (κ2) is 8.47. The molecular weight excluding hydrogens is 368 g/mol. The number of carbonyl (C=O) groups excluding carboxylic acids is 3. The van der Waals surface area contributed by atoms with Gasteiger partial charge in [0.25, 0.3) is 11.8 Å². The van der Waals surface area contributed by atoms with Crippen LogP contribution in [0.4, 0.5) is 0 Å². The van der Waals surface area contributed by atoms with Gasteiger partial charge in [-0.2, -0.15) is 0 Å². The summed E-state index contributed by atoms with van der Waals surface area (Å²) in [6.45, 7) is 12.4. The van der Waals surface area contributed by atoms with Gasteiger partial charge in [-0.1, -0.05) is 23.3 Å². The molecule has 0 saturated heterocycles. The summed E-state index contributed by atoms with van der Waals surface area (Å²) in [5.74, 6) is -0.907. The minimum absolute atomic E-state index is 0.300. The second-order valence-electron chi connectivity index (χ2n) is 8.15. The first kappa shape index (κ1) is 22.1. The Morgan fingerprint density at radius 2 is 1.55 bits per heavy atom. The Morgan fingerprint density at radius 3 is 2.07 bits per heavy atom. The molecule has 0 spiro atoms. The molecular formula is C23H28N2O4. The van der Waals surface area contributed by atoms with Crippen molar-refractivity contribution in [2.75, 3.05) is 0 Å². The highest BCUT2D eigenvalue weighted by Gasteiger charge is 2.30. The van der Waals surface area contributed by atoms with Crippen LogP contribution in [0, 0.1) is 20.8 Å². The molecule has 0 bridgehead atoms. The zero-order chi connectivity index (χ0) is 21.9. The van der Waals surface area contributed by atoms with Crippen LogP contribution in [0.15, 0.2) is 36.4 Å². The van der Waals surface area contributed by atoms with Crippen molar-refractivity contribution in [3.63, 3.8) is 0 Å². The van der Waals surface area contributed by atoms with E-state index in [1.165, 1.54) is 11.9 Å². The molecule has 6 nitrogen and oxygen atoms in total. The largest absolute Gasteiger partial charge is 0.426 e. The number of esters is 1. The molecule has 0 aliphatic carbocycles. The monoisotopic (exact) mass is 396 g/mol. The van der Waals surface area contributed by atoms with Gasteiger partial charge in [-0.05, 0) is 65.8 Å². The number of ether oxygens (including phenoxy) is 1. The molecule has 6 heteroatoms. The lowest BCUT2D eigenvalue weighted by molar-refractivity contribution is -0.131. The molecule has 1 N–H and O–H groups in total. The fraction of sp³-hybridized carbons (Fsp3) is 0.348. The molecule has 0 saturated carbocycles. The van der Waals surface area contributed by atoms with Crippen molar-refractivity contribution < 1.29 is 19.1 Å². The van der Waals surface area contributed by atoms with E-state index in [1.54, 1.807) is 37.3 Å². The maximum absolute atomic E-state index is 13.2. The van der Waals surface area contributed by atoms with Crippen LogP contribution >= 0.6 is 0 Å². The summed E-state index contributed by atoms with van der Waals surface area (Å²) < 4.78 is 5.15. The van der Waals surface area contributed by atoms with Gasteiger partial charge >= 0.3 is 5.97 Å². The maximum atomic E-state index is 13.2. The average molecular weight is 396 g/mol. The lowest BCUT2D eigenvalue weighted by atomic mass is 10.0. The number of hydrazine groups is 1. The van der Waals surface area contributed by atoms with Gasteiger partial charge in [0.1, 0.15) is 5.75 Å². The van der Waals surface area contributed by atoms with Gasteiger partial charge in [0.05, 0.1) is 5.54 Å². The van der Waals surface area contributed by atoms with Crippen LogP contribution in [0.2, 0.25) is 0 Å². The van der Waals surface area contributed by atoms with E-state index in [1.807, 2.05) is 40.7 Å². The van der Waals surface area contributed by atoms with Crippen LogP contribution in [0.3, 0.4) is 0 Å². The molecule has 154 valence electrons. The van der Waals surface area contributed by atoms with Gasteiger partial charge in [0, 0.05) is 23.6 Å².